The van der Waals surface area contributed by atoms with Crippen LogP contribution in [0.5, 0.6) is 0 Å². The number of anilines is 2. The van der Waals surface area contributed by atoms with Gasteiger partial charge in [0.2, 0.25) is 0 Å². The van der Waals surface area contributed by atoms with Crippen LogP contribution in [0.25, 0.3) is 22.3 Å². The quantitative estimate of drug-likeness (QED) is 0.577. The van der Waals surface area contributed by atoms with Gasteiger partial charge in [-0.25, -0.2) is 14.4 Å². The summed E-state index contributed by atoms with van der Waals surface area (Å²) in [6, 6.07) is 5.95. The van der Waals surface area contributed by atoms with Crippen molar-refractivity contribution in [1.82, 2.24) is 15.0 Å². The van der Waals surface area contributed by atoms with Gasteiger partial charge in [0.25, 0.3) is 0 Å². The number of halogens is 1. The standard InChI is InChI=1S/C14H14FN5.C9H14O2/c1-20(2)11-5-3-4-8-9(6-17-12(8)11)14-18-7-10(15)13(16)19-14;10-9(11)8-5-6-1-3-7(8)4-2-6/h3-7,17H,1-2H3,(H2,16,18,19);6-8H,1-5H2,(H,10,11). The molecular weight excluding hydrogens is 397 g/mol. The molecule has 0 radical (unpaired) electrons. The first-order valence-corrected chi connectivity index (χ1v) is 10.6. The zero-order valence-corrected chi connectivity index (χ0v) is 17.8. The highest BCUT2D eigenvalue weighted by Crippen LogP contribution is 2.44. The molecule has 2 bridgehead atoms. The highest BCUT2D eigenvalue weighted by atomic mass is 19.1. The number of carbonyl (C=O) groups is 1. The fourth-order valence-electron chi connectivity index (χ4n) is 4.89. The molecule has 4 N–H and O–H groups in total. The molecule has 164 valence electrons. The largest absolute Gasteiger partial charge is 0.481 e. The molecule has 0 spiro atoms. The number of nitrogen functional groups attached to an aromatic ring is 1. The lowest BCUT2D eigenvalue weighted by Crippen LogP contribution is -2.35. The summed E-state index contributed by atoms with van der Waals surface area (Å²) in [4.78, 5) is 24.0. The maximum absolute atomic E-state index is 13.2. The Morgan fingerprint density at radius 1 is 1.26 bits per heavy atom. The number of nitrogens with zero attached hydrogens (tertiary/aromatic N) is 3. The molecule has 8 heteroatoms. The Bertz CT molecular complexity index is 1090. The zero-order valence-electron chi connectivity index (χ0n) is 17.8. The van der Waals surface area contributed by atoms with E-state index in [9.17, 15) is 9.18 Å². The van der Waals surface area contributed by atoms with Crippen molar-refractivity contribution in [2.45, 2.75) is 32.1 Å². The predicted octanol–water partition coefficient (Wildman–Crippen LogP) is 4.31. The maximum Gasteiger partial charge on any atom is 0.306 e. The Labute approximate surface area is 180 Å². The number of nitrogens with one attached hydrogen (secondary N) is 1. The number of rotatable bonds is 3. The number of hydrogen-bond donors (Lipinski definition) is 3. The number of hydrogen-bond acceptors (Lipinski definition) is 5. The molecule has 31 heavy (non-hydrogen) atoms. The van der Waals surface area contributed by atoms with Crippen LogP contribution in [-0.4, -0.2) is 40.1 Å². The second-order valence-corrected chi connectivity index (χ2v) is 8.68. The van der Waals surface area contributed by atoms with Gasteiger partial charge in [0.1, 0.15) is 0 Å². The second-order valence-electron chi connectivity index (χ2n) is 8.68. The van der Waals surface area contributed by atoms with Gasteiger partial charge >= 0.3 is 5.97 Å². The van der Waals surface area contributed by atoms with Crippen LogP contribution in [0.15, 0.2) is 30.6 Å². The van der Waals surface area contributed by atoms with Gasteiger partial charge in [-0.15, -0.1) is 0 Å². The average Bonchev–Trinajstić information content (AvgIpc) is 3.21. The molecule has 1 atom stereocenters. The van der Waals surface area contributed by atoms with Gasteiger partial charge in [0, 0.05) is 31.2 Å². The van der Waals surface area contributed by atoms with Gasteiger partial charge < -0.3 is 20.7 Å². The summed E-state index contributed by atoms with van der Waals surface area (Å²) in [6.45, 7) is 0. The monoisotopic (exact) mass is 425 g/mol. The summed E-state index contributed by atoms with van der Waals surface area (Å²) in [7, 11) is 3.95. The Morgan fingerprint density at radius 3 is 2.55 bits per heavy atom. The van der Waals surface area contributed by atoms with E-state index in [1.165, 1.54) is 25.7 Å². The van der Waals surface area contributed by atoms with Crippen molar-refractivity contribution >= 4 is 28.4 Å². The molecule has 3 aliphatic rings. The van der Waals surface area contributed by atoms with E-state index in [1.54, 1.807) is 0 Å². The lowest BCUT2D eigenvalue weighted by atomic mass is 9.65. The van der Waals surface area contributed by atoms with Crippen molar-refractivity contribution in [2.24, 2.45) is 17.8 Å². The molecule has 3 fully saturated rings. The lowest BCUT2D eigenvalue weighted by Gasteiger charge is -2.40. The molecule has 6 rings (SSSR count). The summed E-state index contributed by atoms with van der Waals surface area (Å²) in [6.07, 6.45) is 8.77. The number of benzene rings is 1. The Morgan fingerprint density at radius 2 is 2.00 bits per heavy atom. The SMILES string of the molecule is CN(C)c1cccc2c(-c3ncc(F)c(N)n3)c[nH]c12.O=C(O)C1CC2CCC1CC2. The summed E-state index contributed by atoms with van der Waals surface area (Å²) in [5.41, 5.74) is 8.35. The van der Waals surface area contributed by atoms with Crippen LogP contribution in [0, 0.1) is 23.6 Å². The van der Waals surface area contributed by atoms with Gasteiger partial charge in [-0.1, -0.05) is 25.0 Å². The second kappa shape index (κ2) is 8.53. The van der Waals surface area contributed by atoms with Crippen molar-refractivity contribution in [3.8, 4) is 11.4 Å². The fraction of sp³-hybridized carbons (Fsp3) is 0.435. The van der Waals surface area contributed by atoms with Crippen molar-refractivity contribution in [3.63, 3.8) is 0 Å². The number of aromatic nitrogens is 3. The number of carboxylic acids is 1. The van der Waals surface area contributed by atoms with Crippen LogP contribution in [0.1, 0.15) is 32.1 Å². The van der Waals surface area contributed by atoms with Gasteiger partial charge in [-0.05, 0) is 37.2 Å². The third-order valence-electron chi connectivity index (χ3n) is 6.55. The molecule has 2 aromatic heterocycles. The van der Waals surface area contributed by atoms with Crippen molar-refractivity contribution in [2.75, 3.05) is 24.7 Å². The highest BCUT2D eigenvalue weighted by Gasteiger charge is 2.39. The van der Waals surface area contributed by atoms with E-state index in [2.05, 4.69) is 15.0 Å². The topological polar surface area (TPSA) is 108 Å². The number of para-hydroxylation sites is 1. The van der Waals surface area contributed by atoms with E-state index in [-0.39, 0.29) is 11.7 Å². The first-order valence-electron chi connectivity index (χ1n) is 10.6. The number of carboxylic acid groups (broad SMARTS) is 1. The smallest absolute Gasteiger partial charge is 0.306 e. The van der Waals surface area contributed by atoms with Crippen molar-refractivity contribution in [3.05, 3.63) is 36.4 Å². The lowest BCUT2D eigenvalue weighted by molar-refractivity contribution is -0.147. The fourth-order valence-corrected chi connectivity index (χ4v) is 4.89. The predicted molar refractivity (Wildman–Crippen MR) is 119 cm³/mol. The molecule has 2 heterocycles. The van der Waals surface area contributed by atoms with Crippen LogP contribution in [0.2, 0.25) is 0 Å². The van der Waals surface area contributed by atoms with Crippen LogP contribution in [-0.2, 0) is 4.79 Å². The van der Waals surface area contributed by atoms with Gasteiger partial charge in [-0.3, -0.25) is 4.79 Å². The Hall–Kier alpha value is -3.16. The molecule has 3 aromatic rings. The molecule has 3 saturated carbocycles. The van der Waals surface area contributed by atoms with E-state index < -0.39 is 11.8 Å². The minimum absolute atomic E-state index is 0.00231. The van der Waals surface area contributed by atoms with Gasteiger partial charge in [-0.2, -0.15) is 0 Å². The average molecular weight is 426 g/mol. The first-order chi connectivity index (χ1) is 14.8. The summed E-state index contributed by atoms with van der Waals surface area (Å²) < 4.78 is 13.2. The van der Waals surface area contributed by atoms with E-state index in [0.717, 1.165) is 40.7 Å². The molecule has 7 nitrogen and oxygen atoms in total. The summed E-state index contributed by atoms with van der Waals surface area (Å²) in [5.74, 6) is 0.349. The van der Waals surface area contributed by atoms with Crippen molar-refractivity contribution < 1.29 is 14.3 Å². The molecule has 3 aliphatic carbocycles. The number of nitrogens with two attached hydrogens (primary N) is 1. The van der Waals surface area contributed by atoms with Crippen LogP contribution in [0.3, 0.4) is 0 Å². The molecular formula is C23H28FN5O2. The van der Waals surface area contributed by atoms with Crippen LogP contribution >= 0.6 is 0 Å². The number of aromatic amines is 1. The molecule has 0 amide bonds. The maximum atomic E-state index is 13.2. The Balaban J connectivity index is 0.000000177. The molecule has 1 aromatic carbocycles. The van der Waals surface area contributed by atoms with E-state index in [1.807, 2.05) is 43.4 Å². The van der Waals surface area contributed by atoms with E-state index in [4.69, 9.17) is 10.8 Å². The molecule has 1 unspecified atom stereocenters. The third-order valence-corrected chi connectivity index (χ3v) is 6.55. The number of H-pyrrole nitrogens is 1. The zero-order chi connectivity index (χ0) is 22.1. The molecule has 0 aliphatic heterocycles. The normalized spacial score (nSPS) is 22.1. The van der Waals surface area contributed by atoms with Crippen molar-refractivity contribution in [1.29, 1.82) is 0 Å². The van der Waals surface area contributed by atoms with Gasteiger partial charge in [0.15, 0.2) is 17.5 Å². The summed E-state index contributed by atoms with van der Waals surface area (Å²) >= 11 is 0. The summed E-state index contributed by atoms with van der Waals surface area (Å²) in [5, 5.41) is 9.83. The van der Waals surface area contributed by atoms with E-state index >= 15 is 0 Å². The minimum Gasteiger partial charge on any atom is -0.481 e. The highest BCUT2D eigenvalue weighted by molar-refractivity contribution is 6.00. The van der Waals surface area contributed by atoms with E-state index in [0.29, 0.717) is 11.7 Å². The minimum atomic E-state index is -0.609. The van der Waals surface area contributed by atoms with Crippen LogP contribution in [0.4, 0.5) is 15.9 Å². The number of aliphatic carboxylic acids is 1. The van der Waals surface area contributed by atoms with Crippen LogP contribution < -0.4 is 10.6 Å². The first kappa shape index (κ1) is 21.1. The Kier molecular flexibility index (Phi) is 5.80. The van der Waals surface area contributed by atoms with Gasteiger partial charge in [0.05, 0.1) is 23.3 Å². The number of fused-ring (bicyclic) bond motifs is 4. The molecule has 0 saturated heterocycles. The third kappa shape index (κ3) is 4.19.